The lowest BCUT2D eigenvalue weighted by molar-refractivity contribution is 0.0929. The molecule has 168 valence electrons. The molecule has 1 heterocycles. The Morgan fingerprint density at radius 1 is 1.09 bits per heavy atom. The van der Waals surface area contributed by atoms with Crippen molar-refractivity contribution < 1.29 is 23.1 Å². The fraction of sp³-hybridized carbons (Fsp3) is 0.120. The van der Waals surface area contributed by atoms with Crippen LogP contribution in [-0.4, -0.2) is 18.7 Å². The molecule has 1 N–H and O–H groups in total. The number of benzene rings is 3. The molecule has 0 fully saturated rings. The van der Waals surface area contributed by atoms with Crippen molar-refractivity contribution in [3.05, 3.63) is 93.0 Å². The van der Waals surface area contributed by atoms with Crippen molar-refractivity contribution in [2.24, 2.45) is 5.10 Å². The van der Waals surface area contributed by atoms with Gasteiger partial charge in [0, 0.05) is 5.39 Å². The van der Waals surface area contributed by atoms with Crippen molar-refractivity contribution in [2.45, 2.75) is 13.5 Å². The van der Waals surface area contributed by atoms with E-state index in [-0.39, 0.29) is 11.6 Å². The molecule has 4 rings (SSSR count). The van der Waals surface area contributed by atoms with Gasteiger partial charge in [0.25, 0.3) is 0 Å². The molecule has 1 aromatic heterocycles. The Morgan fingerprint density at radius 3 is 2.67 bits per heavy atom. The second kappa shape index (κ2) is 10.5. The average Bonchev–Trinajstić information content (AvgIpc) is 3.23. The fourth-order valence-corrected chi connectivity index (χ4v) is 3.76. The highest BCUT2D eigenvalue weighted by Gasteiger charge is 2.12. The molecular formula is C25H20FIN2O4. The first-order chi connectivity index (χ1) is 16.0. The molecule has 0 bridgehead atoms. The average molecular weight is 558 g/mol. The monoisotopic (exact) mass is 558 g/mol. The van der Waals surface area contributed by atoms with Crippen molar-refractivity contribution in [1.82, 2.24) is 5.43 Å². The molecule has 3 aromatic carbocycles. The number of carbonyl (C=O) groups is 1. The molecule has 33 heavy (non-hydrogen) atoms. The van der Waals surface area contributed by atoms with Gasteiger partial charge in [0.05, 0.1) is 16.4 Å². The number of furan rings is 1. The molecule has 1 amide bonds. The number of hydrogen-bond donors (Lipinski definition) is 1. The minimum absolute atomic E-state index is 0.162. The van der Waals surface area contributed by atoms with Gasteiger partial charge < -0.3 is 13.9 Å². The van der Waals surface area contributed by atoms with Gasteiger partial charge in [0.1, 0.15) is 29.5 Å². The van der Waals surface area contributed by atoms with Crippen LogP contribution >= 0.6 is 22.6 Å². The zero-order valence-electron chi connectivity index (χ0n) is 17.7. The van der Waals surface area contributed by atoms with Crippen LogP contribution in [0.25, 0.3) is 11.0 Å². The highest BCUT2D eigenvalue weighted by molar-refractivity contribution is 14.1. The van der Waals surface area contributed by atoms with E-state index in [4.69, 9.17) is 13.9 Å². The van der Waals surface area contributed by atoms with Crippen LogP contribution in [0.3, 0.4) is 0 Å². The number of carbonyl (C=O) groups excluding carboxylic acids is 1. The quantitative estimate of drug-likeness (QED) is 0.166. The van der Waals surface area contributed by atoms with Gasteiger partial charge in [-0.25, -0.2) is 9.82 Å². The Balaban J connectivity index is 1.35. The van der Waals surface area contributed by atoms with Crippen LogP contribution in [0.2, 0.25) is 0 Å². The van der Waals surface area contributed by atoms with E-state index in [1.54, 1.807) is 36.5 Å². The van der Waals surface area contributed by atoms with Crippen LogP contribution in [0.15, 0.2) is 76.2 Å². The van der Waals surface area contributed by atoms with Gasteiger partial charge in [-0.05, 0) is 95.2 Å². The summed E-state index contributed by atoms with van der Waals surface area (Å²) in [5.41, 5.74) is 4.74. The lowest BCUT2D eigenvalue weighted by Crippen LogP contribution is -2.16. The predicted molar refractivity (Wildman–Crippen MR) is 132 cm³/mol. The first-order valence-corrected chi connectivity index (χ1v) is 11.3. The summed E-state index contributed by atoms with van der Waals surface area (Å²) >= 11 is 2.17. The van der Waals surface area contributed by atoms with Crippen molar-refractivity contribution in [3.63, 3.8) is 0 Å². The third kappa shape index (κ3) is 5.89. The van der Waals surface area contributed by atoms with Gasteiger partial charge in [-0.2, -0.15) is 5.10 Å². The maximum Gasteiger partial charge on any atom is 0.307 e. The lowest BCUT2D eigenvalue weighted by Gasteiger charge is -2.09. The number of hydrogen-bond acceptors (Lipinski definition) is 5. The topological polar surface area (TPSA) is 73.1 Å². The number of nitrogens with zero attached hydrogens (tertiary/aromatic N) is 1. The van der Waals surface area contributed by atoms with Gasteiger partial charge in [0.15, 0.2) is 5.76 Å². The smallest absolute Gasteiger partial charge is 0.307 e. The second-order valence-corrected chi connectivity index (χ2v) is 8.21. The Bertz CT molecular complexity index is 1300. The summed E-state index contributed by atoms with van der Waals surface area (Å²) in [6, 6.07) is 18.7. The minimum atomic E-state index is -0.450. The van der Waals surface area contributed by atoms with E-state index in [2.05, 4.69) is 33.1 Å². The third-order valence-corrected chi connectivity index (χ3v) is 5.51. The number of ether oxygens (including phenoxy) is 2. The molecule has 0 saturated heterocycles. The molecule has 0 unspecified atom stereocenters. The van der Waals surface area contributed by atoms with Gasteiger partial charge in [-0.15, -0.1) is 0 Å². The summed E-state index contributed by atoms with van der Waals surface area (Å²) in [5.74, 6) is 0.856. The maximum absolute atomic E-state index is 13.0. The van der Waals surface area contributed by atoms with E-state index in [0.29, 0.717) is 24.5 Å². The maximum atomic E-state index is 13.0. The number of rotatable bonds is 8. The molecule has 8 heteroatoms. The number of amides is 1. The van der Waals surface area contributed by atoms with Gasteiger partial charge >= 0.3 is 5.91 Å². The highest BCUT2D eigenvalue weighted by atomic mass is 127. The van der Waals surface area contributed by atoms with Gasteiger partial charge in [0.2, 0.25) is 0 Å². The van der Waals surface area contributed by atoms with E-state index in [1.807, 2.05) is 31.2 Å². The normalized spacial score (nSPS) is 11.1. The van der Waals surface area contributed by atoms with E-state index in [0.717, 1.165) is 25.8 Å². The van der Waals surface area contributed by atoms with Crippen LogP contribution in [0.5, 0.6) is 11.5 Å². The Morgan fingerprint density at radius 2 is 1.91 bits per heavy atom. The molecular weight excluding hydrogens is 538 g/mol. The van der Waals surface area contributed by atoms with E-state index in [1.165, 1.54) is 12.1 Å². The molecule has 4 aromatic rings. The molecule has 0 radical (unpaired) electrons. The van der Waals surface area contributed by atoms with Crippen LogP contribution < -0.4 is 14.9 Å². The van der Waals surface area contributed by atoms with Gasteiger partial charge in [-0.1, -0.05) is 12.1 Å². The Hall–Kier alpha value is -3.40. The van der Waals surface area contributed by atoms with Crippen LogP contribution in [0.1, 0.15) is 28.6 Å². The summed E-state index contributed by atoms with van der Waals surface area (Å²) in [5, 5.41) is 4.80. The molecule has 0 aliphatic heterocycles. The summed E-state index contributed by atoms with van der Waals surface area (Å²) in [6.07, 6.45) is 1.54. The molecule has 6 nitrogen and oxygen atoms in total. The number of fused-ring (bicyclic) bond motifs is 1. The van der Waals surface area contributed by atoms with Crippen molar-refractivity contribution in [1.29, 1.82) is 0 Å². The molecule has 0 saturated carbocycles. The fourth-order valence-electron chi connectivity index (χ4n) is 3.07. The Labute approximate surface area is 203 Å². The van der Waals surface area contributed by atoms with E-state index >= 15 is 0 Å². The predicted octanol–water partition coefficient (Wildman–Crippen LogP) is 5.92. The summed E-state index contributed by atoms with van der Waals surface area (Å²) in [7, 11) is 0. The minimum Gasteiger partial charge on any atom is -0.494 e. The molecule has 0 aliphatic rings. The molecule has 0 atom stereocenters. The first kappa shape index (κ1) is 22.8. The number of halogens is 2. The molecule has 0 spiro atoms. The van der Waals surface area contributed by atoms with Crippen LogP contribution in [0.4, 0.5) is 4.39 Å². The van der Waals surface area contributed by atoms with E-state index in [9.17, 15) is 9.18 Å². The van der Waals surface area contributed by atoms with Crippen molar-refractivity contribution in [2.75, 3.05) is 6.61 Å². The van der Waals surface area contributed by atoms with Crippen LogP contribution in [0, 0.1) is 9.39 Å². The SMILES string of the molecule is CCOc1ccc2oc(C(=O)N/N=C/c3ccc(OCc4ccc(F)cc4)c(I)c3)cc2c1. The van der Waals surface area contributed by atoms with Gasteiger partial charge in [-0.3, -0.25) is 4.79 Å². The highest BCUT2D eigenvalue weighted by Crippen LogP contribution is 2.25. The van der Waals surface area contributed by atoms with Crippen molar-refractivity contribution >= 4 is 45.7 Å². The lowest BCUT2D eigenvalue weighted by atomic mass is 10.2. The largest absolute Gasteiger partial charge is 0.494 e. The third-order valence-electron chi connectivity index (χ3n) is 4.67. The summed E-state index contributed by atoms with van der Waals surface area (Å²) in [4.78, 5) is 12.4. The van der Waals surface area contributed by atoms with E-state index < -0.39 is 5.91 Å². The zero-order chi connectivity index (χ0) is 23.2. The zero-order valence-corrected chi connectivity index (χ0v) is 19.8. The van der Waals surface area contributed by atoms with Crippen molar-refractivity contribution in [3.8, 4) is 11.5 Å². The first-order valence-electron chi connectivity index (χ1n) is 10.2. The second-order valence-electron chi connectivity index (χ2n) is 7.05. The van der Waals surface area contributed by atoms with Crippen LogP contribution in [-0.2, 0) is 6.61 Å². The summed E-state index contributed by atoms with van der Waals surface area (Å²) in [6.45, 7) is 2.81. The summed E-state index contributed by atoms with van der Waals surface area (Å²) < 4.78 is 30.8. The number of hydrazone groups is 1. The standard InChI is InChI=1S/C25H20FIN2O4/c1-2-31-20-8-10-22-18(12-20)13-24(33-22)25(30)29-28-14-17-5-9-23(21(27)11-17)32-15-16-3-6-19(26)7-4-16/h3-14H,2,15H2,1H3,(H,29,30)/b28-14+. The number of nitrogens with one attached hydrogen (secondary N) is 1. The molecule has 0 aliphatic carbocycles. The Kier molecular flexibility index (Phi) is 7.23.